The predicted molar refractivity (Wildman–Crippen MR) is 117 cm³/mol. The molecule has 0 unspecified atom stereocenters. The van der Waals surface area contributed by atoms with E-state index in [1.807, 2.05) is 24.5 Å². The molecule has 29 heavy (non-hydrogen) atoms. The van der Waals surface area contributed by atoms with Crippen LogP contribution in [0.1, 0.15) is 42.4 Å². The van der Waals surface area contributed by atoms with Gasteiger partial charge in [-0.15, -0.1) is 0 Å². The lowest BCUT2D eigenvalue weighted by Crippen LogP contribution is -2.36. The van der Waals surface area contributed by atoms with E-state index >= 15 is 0 Å². The molecule has 0 saturated carbocycles. The van der Waals surface area contributed by atoms with Crippen LogP contribution in [0.25, 0.3) is 0 Å². The molecule has 1 aliphatic heterocycles. The van der Waals surface area contributed by atoms with Crippen molar-refractivity contribution in [3.05, 3.63) is 59.4 Å². The first-order valence-corrected chi connectivity index (χ1v) is 10.8. The molecule has 0 bridgehead atoms. The van der Waals surface area contributed by atoms with E-state index in [4.69, 9.17) is 4.74 Å². The smallest absolute Gasteiger partial charge is 0.119 e. The normalized spacial score (nSPS) is 16.6. The van der Waals surface area contributed by atoms with Gasteiger partial charge < -0.3 is 14.7 Å². The van der Waals surface area contributed by atoms with Gasteiger partial charge in [-0.25, -0.2) is 0 Å². The third-order valence-corrected chi connectivity index (χ3v) is 5.54. The van der Waals surface area contributed by atoms with E-state index in [2.05, 4.69) is 47.0 Å². The summed E-state index contributed by atoms with van der Waals surface area (Å²) in [5, 5.41) is 10.4. The van der Waals surface area contributed by atoms with Crippen molar-refractivity contribution < 1.29 is 9.84 Å². The zero-order chi connectivity index (χ0) is 20.5. The Kier molecular flexibility index (Phi) is 8.47. The number of rotatable bonds is 9. The number of likely N-dealkylation sites (tertiary alicyclic amines) is 1. The molecular formula is C24H35N3O2. The van der Waals surface area contributed by atoms with Crippen LogP contribution in [-0.2, 0) is 13.1 Å². The number of aliphatic hydroxyl groups excluding tert-OH is 1. The Morgan fingerprint density at radius 2 is 1.93 bits per heavy atom. The van der Waals surface area contributed by atoms with Gasteiger partial charge in [0.2, 0.25) is 0 Å². The first-order chi connectivity index (χ1) is 14.1. The quantitative estimate of drug-likeness (QED) is 0.700. The summed E-state index contributed by atoms with van der Waals surface area (Å²) in [6.45, 7) is 7.05. The molecule has 1 atom stereocenters. The van der Waals surface area contributed by atoms with Gasteiger partial charge in [0.05, 0.1) is 0 Å². The highest BCUT2D eigenvalue weighted by Gasteiger charge is 2.14. The minimum atomic E-state index is -0.450. The standard InChI is InChI=1S/C24H35N3O2/c1-20-15-25-11-10-22(20)17-26(2)16-21-8-7-9-24(14-21)29-19-23(28)18-27-12-5-3-4-6-13-27/h7-11,14-15,23,28H,3-6,12-13,16-19H2,1-2H3/t23-/m0/s1. The average molecular weight is 398 g/mol. The summed E-state index contributed by atoms with van der Waals surface area (Å²) in [6, 6.07) is 10.3. The fourth-order valence-corrected chi connectivity index (χ4v) is 3.93. The van der Waals surface area contributed by atoms with Crippen LogP contribution in [0.2, 0.25) is 0 Å². The van der Waals surface area contributed by atoms with Crippen LogP contribution in [0.15, 0.2) is 42.7 Å². The van der Waals surface area contributed by atoms with Gasteiger partial charge in [0, 0.05) is 32.0 Å². The SMILES string of the molecule is Cc1cnccc1CN(C)Cc1cccc(OC[C@@H](O)CN2CCCCCC2)c1. The number of ether oxygens (including phenoxy) is 1. The Balaban J connectivity index is 1.46. The fourth-order valence-electron chi connectivity index (χ4n) is 3.93. The van der Waals surface area contributed by atoms with Crippen molar-refractivity contribution in [1.29, 1.82) is 0 Å². The predicted octanol–water partition coefficient (Wildman–Crippen LogP) is 3.64. The summed E-state index contributed by atoms with van der Waals surface area (Å²) in [4.78, 5) is 8.82. The topological polar surface area (TPSA) is 48.8 Å². The Labute approximate surface area is 175 Å². The van der Waals surface area contributed by atoms with Gasteiger partial charge in [-0.2, -0.15) is 0 Å². The Hall–Kier alpha value is -1.95. The molecule has 1 aliphatic rings. The third kappa shape index (κ3) is 7.42. The zero-order valence-corrected chi connectivity index (χ0v) is 17.9. The molecule has 1 aromatic heterocycles. The van der Waals surface area contributed by atoms with Gasteiger partial charge in [0.1, 0.15) is 18.5 Å². The lowest BCUT2D eigenvalue weighted by Gasteiger charge is -2.23. The third-order valence-electron chi connectivity index (χ3n) is 5.54. The number of aliphatic hydroxyl groups is 1. The van der Waals surface area contributed by atoms with Crippen molar-refractivity contribution >= 4 is 0 Å². The van der Waals surface area contributed by atoms with Gasteiger partial charge in [-0.3, -0.25) is 9.88 Å². The maximum absolute atomic E-state index is 10.4. The Morgan fingerprint density at radius 3 is 2.69 bits per heavy atom. The van der Waals surface area contributed by atoms with Crippen molar-refractivity contribution in [2.75, 3.05) is 33.3 Å². The maximum atomic E-state index is 10.4. The van der Waals surface area contributed by atoms with Crippen LogP contribution in [0.3, 0.4) is 0 Å². The number of aromatic nitrogens is 1. The number of nitrogens with zero attached hydrogens (tertiary/aromatic N) is 3. The second kappa shape index (κ2) is 11.3. The van der Waals surface area contributed by atoms with Gasteiger partial charge in [-0.1, -0.05) is 25.0 Å². The van der Waals surface area contributed by atoms with Crippen molar-refractivity contribution in [2.45, 2.75) is 51.8 Å². The van der Waals surface area contributed by atoms with E-state index in [0.29, 0.717) is 13.2 Å². The summed E-state index contributed by atoms with van der Waals surface area (Å²) in [6.07, 6.45) is 8.41. The highest BCUT2D eigenvalue weighted by atomic mass is 16.5. The summed E-state index contributed by atoms with van der Waals surface area (Å²) >= 11 is 0. The van der Waals surface area contributed by atoms with Crippen molar-refractivity contribution in [3.8, 4) is 5.75 Å². The van der Waals surface area contributed by atoms with Crippen molar-refractivity contribution in [3.63, 3.8) is 0 Å². The van der Waals surface area contributed by atoms with Gasteiger partial charge >= 0.3 is 0 Å². The maximum Gasteiger partial charge on any atom is 0.119 e. The second-order valence-electron chi connectivity index (χ2n) is 8.30. The summed E-state index contributed by atoms with van der Waals surface area (Å²) in [5.74, 6) is 0.825. The second-order valence-corrected chi connectivity index (χ2v) is 8.30. The highest BCUT2D eigenvalue weighted by Crippen LogP contribution is 2.17. The molecule has 0 radical (unpaired) electrons. The van der Waals surface area contributed by atoms with Crippen LogP contribution in [0.4, 0.5) is 0 Å². The molecule has 1 N–H and O–H groups in total. The van der Waals surface area contributed by atoms with Crippen LogP contribution in [-0.4, -0.2) is 59.3 Å². The summed E-state index contributed by atoms with van der Waals surface area (Å²) in [7, 11) is 2.12. The first-order valence-electron chi connectivity index (χ1n) is 10.8. The number of benzene rings is 1. The molecule has 1 fully saturated rings. The summed E-state index contributed by atoms with van der Waals surface area (Å²) in [5.41, 5.74) is 3.72. The molecule has 1 aromatic carbocycles. The number of β-amino-alcohol motifs (C(OH)–C–C–N with tert-alkyl or cyclic N) is 1. The van der Waals surface area contributed by atoms with Crippen molar-refractivity contribution in [2.24, 2.45) is 0 Å². The molecule has 158 valence electrons. The van der Waals surface area contributed by atoms with Gasteiger partial charge in [0.25, 0.3) is 0 Å². The molecule has 1 saturated heterocycles. The van der Waals surface area contributed by atoms with Crippen LogP contribution in [0.5, 0.6) is 5.75 Å². The number of hydrogen-bond acceptors (Lipinski definition) is 5. The van der Waals surface area contributed by atoms with Gasteiger partial charge in [-0.05, 0) is 74.8 Å². The average Bonchev–Trinajstić information content (AvgIpc) is 2.97. The van der Waals surface area contributed by atoms with E-state index in [1.54, 1.807) is 0 Å². The largest absolute Gasteiger partial charge is 0.491 e. The monoisotopic (exact) mass is 397 g/mol. The van der Waals surface area contributed by atoms with E-state index < -0.39 is 6.10 Å². The van der Waals surface area contributed by atoms with Crippen LogP contribution < -0.4 is 4.74 Å². The fraction of sp³-hybridized carbons (Fsp3) is 0.542. The molecule has 0 aliphatic carbocycles. The van der Waals surface area contributed by atoms with E-state index in [1.165, 1.54) is 42.4 Å². The van der Waals surface area contributed by atoms with Crippen LogP contribution >= 0.6 is 0 Å². The Morgan fingerprint density at radius 1 is 1.14 bits per heavy atom. The first kappa shape index (κ1) is 21.8. The number of hydrogen-bond donors (Lipinski definition) is 1. The Bertz CT molecular complexity index is 744. The molecule has 5 heteroatoms. The molecule has 0 spiro atoms. The lowest BCUT2D eigenvalue weighted by molar-refractivity contribution is 0.0693. The zero-order valence-electron chi connectivity index (χ0n) is 17.9. The molecule has 0 amide bonds. The number of pyridine rings is 1. The molecule has 2 aromatic rings. The minimum absolute atomic E-state index is 0.339. The minimum Gasteiger partial charge on any atom is -0.491 e. The van der Waals surface area contributed by atoms with E-state index in [0.717, 1.165) is 31.9 Å². The molecule has 3 rings (SSSR count). The molecule has 2 heterocycles. The molecule has 5 nitrogen and oxygen atoms in total. The summed E-state index contributed by atoms with van der Waals surface area (Å²) < 4.78 is 5.90. The molecular weight excluding hydrogens is 362 g/mol. The van der Waals surface area contributed by atoms with Crippen molar-refractivity contribution in [1.82, 2.24) is 14.8 Å². The van der Waals surface area contributed by atoms with E-state index in [-0.39, 0.29) is 0 Å². The van der Waals surface area contributed by atoms with Gasteiger partial charge in [0.15, 0.2) is 0 Å². The van der Waals surface area contributed by atoms with E-state index in [9.17, 15) is 5.11 Å². The lowest BCUT2D eigenvalue weighted by atomic mass is 10.1. The highest BCUT2D eigenvalue weighted by molar-refractivity contribution is 5.29. The van der Waals surface area contributed by atoms with Crippen LogP contribution in [0, 0.1) is 6.92 Å². The number of aryl methyl sites for hydroxylation is 1.